The lowest BCUT2D eigenvalue weighted by Gasteiger charge is -2.40. The van der Waals surface area contributed by atoms with E-state index in [-0.39, 0.29) is 86.1 Å². The molecule has 2 unspecified atom stereocenters. The van der Waals surface area contributed by atoms with Crippen molar-refractivity contribution in [3.05, 3.63) is 130 Å². The van der Waals surface area contributed by atoms with E-state index < -0.39 is 85.9 Å². The maximum atomic E-state index is 14.8. The number of halogens is 12. The Morgan fingerprint density at radius 3 is 1.64 bits per heavy atom. The number of piperidine rings is 1. The zero-order valence-electron chi connectivity index (χ0n) is 47.5. The molecular formula is C61H63F12N7O6S2. The van der Waals surface area contributed by atoms with Crippen LogP contribution < -0.4 is 10.6 Å². The van der Waals surface area contributed by atoms with Gasteiger partial charge < -0.3 is 44.4 Å². The number of piperazine rings is 1. The summed E-state index contributed by atoms with van der Waals surface area (Å²) in [6, 6.07) is 16.3. The van der Waals surface area contributed by atoms with E-state index in [0.29, 0.717) is 106 Å². The number of amides is 2. The summed E-state index contributed by atoms with van der Waals surface area (Å²) in [5, 5.41) is 6.69. The molecule has 4 fully saturated rings. The van der Waals surface area contributed by atoms with Gasteiger partial charge in [-0.1, -0.05) is 47.8 Å². The third-order valence-corrected chi connectivity index (χ3v) is 17.6. The summed E-state index contributed by atoms with van der Waals surface area (Å²) in [4.78, 5) is 48.6. The van der Waals surface area contributed by atoms with Crippen molar-refractivity contribution in [2.75, 3.05) is 82.9 Å². The molecule has 88 heavy (non-hydrogen) atoms. The predicted molar refractivity (Wildman–Crippen MR) is 308 cm³/mol. The summed E-state index contributed by atoms with van der Waals surface area (Å²) in [5.74, 6) is -1.29. The summed E-state index contributed by atoms with van der Waals surface area (Å²) in [5.41, 5.74) is -8.16. The van der Waals surface area contributed by atoms with Gasteiger partial charge in [0.25, 0.3) is 0 Å². The molecule has 0 saturated carbocycles. The lowest BCUT2D eigenvalue weighted by molar-refractivity contribution is -0.163. The Labute approximate surface area is 508 Å². The Morgan fingerprint density at radius 2 is 1.12 bits per heavy atom. The first-order chi connectivity index (χ1) is 41.8. The number of benzene rings is 4. The highest BCUT2D eigenvalue weighted by molar-refractivity contribution is 7.99. The number of carbonyl (C=O) groups excluding carboxylic acids is 3. The van der Waals surface area contributed by atoms with Crippen LogP contribution in [0.4, 0.5) is 64.1 Å². The highest BCUT2D eigenvalue weighted by atomic mass is 32.2. The third kappa shape index (κ3) is 17.1. The van der Waals surface area contributed by atoms with Crippen LogP contribution in [0, 0.1) is 5.92 Å². The van der Waals surface area contributed by atoms with Crippen molar-refractivity contribution < 1.29 is 81.3 Å². The number of nitrogens with one attached hydrogen (secondary N) is 2. The molecule has 4 saturated heterocycles. The Morgan fingerprint density at radius 1 is 0.625 bits per heavy atom. The summed E-state index contributed by atoms with van der Waals surface area (Å²) in [6.45, 7) is 4.74. The fourth-order valence-corrected chi connectivity index (χ4v) is 13.2. The molecule has 13 nitrogen and oxygen atoms in total. The van der Waals surface area contributed by atoms with Crippen molar-refractivity contribution in [2.45, 2.75) is 114 Å². The second kappa shape index (κ2) is 28.3. The Bertz CT molecular complexity index is 3260. The van der Waals surface area contributed by atoms with E-state index in [1.165, 1.54) is 28.0 Å². The minimum absolute atomic E-state index is 0.0538. The van der Waals surface area contributed by atoms with Gasteiger partial charge in [0.05, 0.1) is 42.0 Å². The minimum atomic E-state index is -5.46. The topological polar surface area (TPSA) is 128 Å². The van der Waals surface area contributed by atoms with Gasteiger partial charge in [0, 0.05) is 133 Å². The van der Waals surface area contributed by atoms with Gasteiger partial charge in [0.1, 0.15) is 12.0 Å². The Kier molecular flexibility index (Phi) is 21.1. The lowest BCUT2D eigenvalue weighted by Crippen LogP contribution is -2.49. The molecule has 2 amide bonds. The third-order valence-electron chi connectivity index (χ3n) is 15.5. The molecule has 5 aliphatic heterocycles. The second-order valence-electron chi connectivity index (χ2n) is 21.5. The maximum absolute atomic E-state index is 14.8. The van der Waals surface area contributed by atoms with Gasteiger partial charge in [-0.3, -0.25) is 14.4 Å². The van der Waals surface area contributed by atoms with E-state index in [2.05, 4.69) is 15.6 Å². The minimum Gasteiger partial charge on any atom is -0.466 e. The number of carbonyl (C=O) groups is 3. The fourth-order valence-electron chi connectivity index (χ4n) is 11.2. The number of nitrogens with zero attached hydrogens (tertiary/aromatic N) is 5. The van der Waals surface area contributed by atoms with Crippen molar-refractivity contribution in [2.24, 2.45) is 10.9 Å². The van der Waals surface area contributed by atoms with Crippen molar-refractivity contribution in [3.8, 4) is 0 Å². The molecule has 0 spiro atoms. The first-order valence-electron chi connectivity index (χ1n) is 28.6. The molecule has 4 aromatic rings. The first-order valence-corrected chi connectivity index (χ1v) is 30.2. The molecular weight excluding hydrogens is 1220 g/mol. The number of likely N-dealkylation sites (tertiary alicyclic amines) is 1. The van der Waals surface area contributed by atoms with E-state index in [1.807, 2.05) is 9.80 Å². The van der Waals surface area contributed by atoms with E-state index >= 15 is 0 Å². The number of ether oxygens (including phenoxy) is 3. The average molecular weight is 1280 g/mol. The van der Waals surface area contributed by atoms with Crippen molar-refractivity contribution in [3.63, 3.8) is 0 Å². The van der Waals surface area contributed by atoms with E-state index in [9.17, 15) is 67.1 Å². The van der Waals surface area contributed by atoms with Gasteiger partial charge >= 0.3 is 30.7 Å². The number of hydrogen-bond acceptors (Lipinski definition) is 13. The van der Waals surface area contributed by atoms with Gasteiger partial charge in [-0.15, -0.1) is 0 Å². The number of rotatable bonds is 17. The normalized spacial score (nSPS) is 19.6. The van der Waals surface area contributed by atoms with Crippen LogP contribution in [0.3, 0.4) is 0 Å². The molecule has 27 heteroatoms. The van der Waals surface area contributed by atoms with Crippen molar-refractivity contribution in [1.29, 1.82) is 0 Å². The number of alkyl halides is 12. The van der Waals surface area contributed by atoms with Crippen LogP contribution in [-0.2, 0) is 53.3 Å². The molecule has 2 atom stereocenters. The summed E-state index contributed by atoms with van der Waals surface area (Å²) in [7, 11) is 0. The SMILES string of the molecule is CCOC(=O)CC1CCN(C(=O)/C=C/c2ccc(Sc3cccc(NC4CCOC(N5C=C(N6CCN(C(=O)/C=C/c7ccc(Sc8cccc(NC9CCOCC9)c8)c(C(F)(F)F)c7C(F)(F)F)CC6)N=CC5)C4)c3)c(C(F)(F)F)c2C(F)(F)F)CC1. The highest BCUT2D eigenvalue weighted by Gasteiger charge is 2.48. The fraction of sp³-hybridized carbons (Fsp3) is 0.443. The molecule has 0 aromatic heterocycles. The van der Waals surface area contributed by atoms with Crippen LogP contribution in [0.1, 0.15) is 85.3 Å². The standard InChI is InChI=1S/C61H63F12N7O6S2/c1-2-85-53(83)33-38-17-23-78(24-18-38)50(81)15-11-39-9-13-48(57(61(71,72)73)54(39)58(62,63)64)88-46-8-4-6-43(35-46)76-44-21-32-86-52(36-44)80-25-22-74-49(37-80)77-26-28-79(29-27-77)51(82)16-12-40-10-14-47(56(60(68,69)70)55(40)59(65,66)67)87-45-7-3-5-42(34-45)75-41-19-30-84-31-20-41/h3-16,22,34-35,37-38,41,44,52,75-76H,2,17-21,23-33,36H2,1H3/b15-11+,16-12+. The van der Waals surface area contributed by atoms with E-state index in [1.54, 1.807) is 49.7 Å². The van der Waals surface area contributed by atoms with Crippen LogP contribution >= 0.6 is 23.5 Å². The maximum Gasteiger partial charge on any atom is 0.418 e. The van der Waals surface area contributed by atoms with E-state index in [4.69, 9.17) is 14.2 Å². The van der Waals surface area contributed by atoms with Crippen LogP contribution in [0.5, 0.6) is 0 Å². The summed E-state index contributed by atoms with van der Waals surface area (Å²) in [6.07, 6.45) is -12.2. The smallest absolute Gasteiger partial charge is 0.418 e. The number of esters is 1. The Balaban J connectivity index is 0.806. The predicted octanol–water partition coefficient (Wildman–Crippen LogP) is 13.8. The van der Waals surface area contributed by atoms with Gasteiger partial charge in [-0.05, 0) is 117 Å². The quantitative estimate of drug-likeness (QED) is 0.0593. The van der Waals surface area contributed by atoms with Crippen molar-refractivity contribution in [1.82, 2.24) is 19.6 Å². The molecule has 0 radical (unpaired) electrons. The highest BCUT2D eigenvalue weighted by Crippen LogP contribution is 2.50. The second-order valence-corrected chi connectivity index (χ2v) is 23.8. The zero-order chi connectivity index (χ0) is 63.0. The first kappa shape index (κ1) is 65.6. The Hall–Kier alpha value is -6.84. The van der Waals surface area contributed by atoms with Crippen molar-refractivity contribution >= 4 is 71.0 Å². The monoisotopic (exact) mass is 1280 g/mol. The van der Waals surface area contributed by atoms with Gasteiger partial charge in [0.15, 0.2) is 0 Å². The molecule has 2 N–H and O–H groups in total. The van der Waals surface area contributed by atoms with Gasteiger partial charge in [0.2, 0.25) is 11.8 Å². The molecule has 4 aromatic carbocycles. The number of hydrogen-bond donors (Lipinski definition) is 2. The van der Waals surface area contributed by atoms with Gasteiger partial charge in [-0.25, -0.2) is 4.99 Å². The summed E-state index contributed by atoms with van der Waals surface area (Å²) < 4.78 is 194. The number of aliphatic imine (C=N–C) groups is 1. The van der Waals surface area contributed by atoms with Crippen LogP contribution in [0.25, 0.3) is 12.2 Å². The lowest BCUT2D eigenvalue weighted by atomic mass is 9.93. The number of anilines is 2. The van der Waals surface area contributed by atoms with Crippen LogP contribution in [0.2, 0.25) is 0 Å². The summed E-state index contributed by atoms with van der Waals surface area (Å²) >= 11 is 1.06. The molecule has 0 bridgehead atoms. The average Bonchev–Trinajstić information content (AvgIpc) is 3.02. The largest absolute Gasteiger partial charge is 0.466 e. The van der Waals surface area contributed by atoms with Gasteiger partial charge in [-0.2, -0.15) is 52.7 Å². The molecule has 9 rings (SSSR count). The molecule has 474 valence electrons. The zero-order valence-corrected chi connectivity index (χ0v) is 49.1. The van der Waals surface area contributed by atoms with Crippen LogP contribution in [0.15, 0.2) is 122 Å². The molecule has 5 heterocycles. The molecule has 0 aliphatic carbocycles. The van der Waals surface area contributed by atoms with E-state index in [0.717, 1.165) is 48.6 Å². The molecule has 5 aliphatic rings. The van der Waals surface area contributed by atoms with Crippen LogP contribution in [-0.4, -0.2) is 134 Å².